The molecule has 22 heavy (non-hydrogen) atoms. The number of hydrogen-bond donors (Lipinski definition) is 1. The SMILES string of the molecule is CC(NS(=O)(=O)c1ccc(F)cc1)c1ccc2c(c1)CCC2. The highest BCUT2D eigenvalue weighted by molar-refractivity contribution is 7.89. The smallest absolute Gasteiger partial charge is 0.207 e. The lowest BCUT2D eigenvalue weighted by Gasteiger charge is -2.16. The molecule has 5 heteroatoms. The van der Waals surface area contributed by atoms with E-state index in [1.54, 1.807) is 0 Å². The van der Waals surface area contributed by atoms with E-state index in [0.29, 0.717) is 0 Å². The summed E-state index contributed by atoms with van der Waals surface area (Å²) in [6, 6.07) is 10.6. The molecule has 3 nitrogen and oxygen atoms in total. The number of rotatable bonds is 4. The average molecular weight is 319 g/mol. The van der Waals surface area contributed by atoms with Gasteiger partial charge in [-0.25, -0.2) is 17.5 Å². The van der Waals surface area contributed by atoms with E-state index in [0.717, 1.165) is 37.0 Å². The van der Waals surface area contributed by atoms with Gasteiger partial charge in [0.1, 0.15) is 5.82 Å². The van der Waals surface area contributed by atoms with E-state index in [4.69, 9.17) is 0 Å². The molecule has 0 aromatic heterocycles. The van der Waals surface area contributed by atoms with E-state index in [9.17, 15) is 12.8 Å². The molecule has 1 aliphatic carbocycles. The molecule has 2 aromatic carbocycles. The minimum atomic E-state index is -3.66. The normalized spacial score (nSPS) is 15.5. The van der Waals surface area contributed by atoms with Crippen LogP contribution in [0.15, 0.2) is 47.4 Å². The maximum absolute atomic E-state index is 12.9. The highest BCUT2D eigenvalue weighted by atomic mass is 32.2. The Bertz CT molecular complexity index is 785. The van der Waals surface area contributed by atoms with Crippen LogP contribution in [0.25, 0.3) is 0 Å². The lowest BCUT2D eigenvalue weighted by Crippen LogP contribution is -2.27. The zero-order valence-corrected chi connectivity index (χ0v) is 13.2. The zero-order valence-electron chi connectivity index (χ0n) is 12.3. The van der Waals surface area contributed by atoms with E-state index in [-0.39, 0.29) is 10.9 Å². The Hall–Kier alpha value is -1.72. The van der Waals surface area contributed by atoms with Crippen molar-refractivity contribution in [3.05, 3.63) is 65.0 Å². The van der Waals surface area contributed by atoms with E-state index in [1.165, 1.54) is 23.3 Å². The number of fused-ring (bicyclic) bond motifs is 1. The summed E-state index contributed by atoms with van der Waals surface area (Å²) >= 11 is 0. The van der Waals surface area contributed by atoms with Crippen LogP contribution in [0, 0.1) is 5.82 Å². The Morgan fingerprint density at radius 1 is 1.05 bits per heavy atom. The van der Waals surface area contributed by atoms with Gasteiger partial charge >= 0.3 is 0 Å². The van der Waals surface area contributed by atoms with Crippen molar-refractivity contribution in [3.8, 4) is 0 Å². The van der Waals surface area contributed by atoms with E-state index in [1.807, 2.05) is 13.0 Å². The van der Waals surface area contributed by atoms with Gasteiger partial charge < -0.3 is 0 Å². The molecule has 1 atom stereocenters. The van der Waals surface area contributed by atoms with Gasteiger partial charge in [-0.15, -0.1) is 0 Å². The molecular weight excluding hydrogens is 301 g/mol. The molecule has 1 unspecified atom stereocenters. The predicted molar refractivity (Wildman–Crippen MR) is 83.6 cm³/mol. The zero-order chi connectivity index (χ0) is 15.7. The third-order valence-electron chi connectivity index (χ3n) is 4.08. The lowest BCUT2D eigenvalue weighted by molar-refractivity contribution is 0.566. The molecule has 2 aromatic rings. The van der Waals surface area contributed by atoms with Gasteiger partial charge in [0.05, 0.1) is 4.90 Å². The molecule has 1 N–H and O–H groups in total. The summed E-state index contributed by atoms with van der Waals surface area (Å²) < 4.78 is 40.2. The quantitative estimate of drug-likeness (QED) is 0.939. The van der Waals surface area contributed by atoms with Crippen LogP contribution < -0.4 is 4.72 Å². The first-order valence-electron chi connectivity index (χ1n) is 7.35. The van der Waals surface area contributed by atoms with Crippen LogP contribution in [-0.4, -0.2) is 8.42 Å². The van der Waals surface area contributed by atoms with Gasteiger partial charge in [0.25, 0.3) is 0 Å². The van der Waals surface area contributed by atoms with Crippen molar-refractivity contribution < 1.29 is 12.8 Å². The molecular formula is C17H18FNO2S. The predicted octanol–water partition coefficient (Wildman–Crippen LogP) is 3.35. The van der Waals surface area contributed by atoms with Crippen LogP contribution in [0.3, 0.4) is 0 Å². The highest BCUT2D eigenvalue weighted by Gasteiger charge is 2.20. The monoisotopic (exact) mass is 319 g/mol. The highest BCUT2D eigenvalue weighted by Crippen LogP contribution is 2.26. The molecule has 0 heterocycles. The minimum absolute atomic E-state index is 0.0712. The van der Waals surface area contributed by atoms with Gasteiger partial charge in [-0.2, -0.15) is 0 Å². The van der Waals surface area contributed by atoms with E-state index < -0.39 is 15.8 Å². The van der Waals surface area contributed by atoms with Crippen LogP contribution in [-0.2, 0) is 22.9 Å². The second kappa shape index (κ2) is 5.82. The summed E-state index contributed by atoms with van der Waals surface area (Å²) in [5, 5.41) is 0. The fourth-order valence-electron chi connectivity index (χ4n) is 2.84. The number of nitrogens with one attached hydrogen (secondary N) is 1. The molecule has 0 saturated carbocycles. The van der Waals surface area contributed by atoms with Crippen LogP contribution in [0.5, 0.6) is 0 Å². The number of hydrogen-bond acceptors (Lipinski definition) is 2. The standard InChI is InChI=1S/C17H18FNO2S/c1-12(14-6-5-13-3-2-4-15(13)11-14)19-22(20,21)17-9-7-16(18)8-10-17/h5-12,19H,2-4H2,1H3. The van der Waals surface area contributed by atoms with Gasteiger partial charge in [-0.1, -0.05) is 18.2 Å². The fourth-order valence-corrected chi connectivity index (χ4v) is 4.08. The number of benzene rings is 2. The van der Waals surface area contributed by atoms with Crippen molar-refractivity contribution in [2.75, 3.05) is 0 Å². The number of sulfonamides is 1. The van der Waals surface area contributed by atoms with Crippen molar-refractivity contribution in [2.45, 2.75) is 37.1 Å². The summed E-state index contributed by atoms with van der Waals surface area (Å²) in [5.41, 5.74) is 3.62. The van der Waals surface area contributed by atoms with Crippen LogP contribution >= 0.6 is 0 Å². The molecule has 116 valence electrons. The first-order valence-corrected chi connectivity index (χ1v) is 8.83. The van der Waals surface area contributed by atoms with Crippen molar-refractivity contribution in [1.29, 1.82) is 0 Å². The Balaban J connectivity index is 1.81. The van der Waals surface area contributed by atoms with Gasteiger partial charge in [0, 0.05) is 6.04 Å². The molecule has 1 aliphatic rings. The first-order chi connectivity index (χ1) is 10.5. The second-order valence-corrected chi connectivity index (χ2v) is 7.39. The summed E-state index contributed by atoms with van der Waals surface area (Å²) in [5.74, 6) is -0.453. The second-order valence-electron chi connectivity index (χ2n) is 5.68. The molecule has 0 radical (unpaired) electrons. The first kappa shape index (κ1) is 15.2. The molecule has 0 amide bonds. The Kier molecular flexibility index (Phi) is 4.02. The van der Waals surface area contributed by atoms with Crippen LogP contribution in [0.4, 0.5) is 4.39 Å². The lowest BCUT2D eigenvalue weighted by atomic mass is 10.0. The van der Waals surface area contributed by atoms with E-state index >= 15 is 0 Å². The summed E-state index contributed by atoms with van der Waals surface area (Å²) in [7, 11) is -3.66. The van der Waals surface area contributed by atoms with Gasteiger partial charge in [0.2, 0.25) is 10.0 Å². The van der Waals surface area contributed by atoms with Crippen molar-refractivity contribution >= 4 is 10.0 Å². The maximum Gasteiger partial charge on any atom is 0.241 e. The molecule has 0 spiro atoms. The Morgan fingerprint density at radius 2 is 1.73 bits per heavy atom. The van der Waals surface area contributed by atoms with Gasteiger partial charge in [-0.3, -0.25) is 0 Å². The topological polar surface area (TPSA) is 46.2 Å². The molecule has 0 fully saturated rings. The summed E-state index contributed by atoms with van der Waals surface area (Å²) in [6.07, 6.45) is 3.32. The molecule has 0 bridgehead atoms. The van der Waals surface area contributed by atoms with Crippen LogP contribution in [0.2, 0.25) is 0 Å². The van der Waals surface area contributed by atoms with Gasteiger partial charge in [0.15, 0.2) is 0 Å². The van der Waals surface area contributed by atoms with E-state index in [2.05, 4.69) is 16.9 Å². The van der Waals surface area contributed by atoms with Crippen molar-refractivity contribution in [3.63, 3.8) is 0 Å². The molecule has 0 aliphatic heterocycles. The van der Waals surface area contributed by atoms with Crippen molar-refractivity contribution in [1.82, 2.24) is 4.72 Å². The maximum atomic E-state index is 12.9. The number of aryl methyl sites for hydroxylation is 2. The third kappa shape index (κ3) is 3.05. The Labute approximate surface area is 130 Å². The summed E-state index contributed by atoms with van der Waals surface area (Å²) in [4.78, 5) is 0.0712. The fraction of sp³-hybridized carbons (Fsp3) is 0.294. The molecule has 0 saturated heterocycles. The Morgan fingerprint density at radius 3 is 2.45 bits per heavy atom. The van der Waals surface area contributed by atoms with Crippen LogP contribution in [0.1, 0.15) is 36.1 Å². The van der Waals surface area contributed by atoms with Crippen molar-refractivity contribution in [2.24, 2.45) is 0 Å². The average Bonchev–Trinajstić information content (AvgIpc) is 2.94. The molecule has 3 rings (SSSR count). The van der Waals surface area contributed by atoms with Gasteiger partial charge in [-0.05, 0) is 67.1 Å². The summed E-state index contributed by atoms with van der Waals surface area (Å²) in [6.45, 7) is 1.82. The number of halogens is 1. The third-order valence-corrected chi connectivity index (χ3v) is 5.64. The largest absolute Gasteiger partial charge is 0.241 e. The minimum Gasteiger partial charge on any atom is -0.207 e.